The molecule has 0 aliphatic heterocycles. The minimum absolute atomic E-state index is 0.0632. The van der Waals surface area contributed by atoms with Crippen molar-refractivity contribution in [2.24, 2.45) is 0 Å². The largest absolute Gasteiger partial charge is 0.288 e. The van der Waals surface area contributed by atoms with E-state index in [4.69, 9.17) is 0 Å². The highest BCUT2D eigenvalue weighted by atomic mass is 32.1. The number of fused-ring (bicyclic) bond motifs is 2. The molecule has 0 amide bonds. The van der Waals surface area contributed by atoms with Gasteiger partial charge in [-0.3, -0.25) is 4.79 Å². The van der Waals surface area contributed by atoms with Crippen LogP contribution in [0.2, 0.25) is 0 Å². The molecule has 0 bridgehead atoms. The van der Waals surface area contributed by atoms with Gasteiger partial charge in [-0.2, -0.15) is 0 Å². The van der Waals surface area contributed by atoms with Crippen molar-refractivity contribution in [3.8, 4) is 0 Å². The van der Waals surface area contributed by atoms with E-state index < -0.39 is 0 Å². The smallest absolute Gasteiger partial charge is 0.196 e. The molecule has 3 rings (SSSR count). The van der Waals surface area contributed by atoms with Gasteiger partial charge in [-0.15, -0.1) is 11.3 Å². The van der Waals surface area contributed by atoms with Gasteiger partial charge in [-0.25, -0.2) is 0 Å². The second-order valence-corrected chi connectivity index (χ2v) is 7.34. The number of benzene rings is 2. The quantitative estimate of drug-likeness (QED) is 0.552. The molecule has 2 heteroatoms. The average Bonchev–Trinajstić information content (AvgIpc) is 2.45. The molecular formula is C19H18OS. The minimum Gasteiger partial charge on any atom is -0.288 e. The zero-order chi connectivity index (χ0) is 15.2. The van der Waals surface area contributed by atoms with E-state index in [0.717, 1.165) is 31.3 Å². The summed E-state index contributed by atoms with van der Waals surface area (Å²) < 4.78 is 2.07. The fraction of sp³-hybridized carbons (Fsp3) is 0.211. The molecule has 0 aliphatic rings. The monoisotopic (exact) mass is 294 g/mol. The summed E-state index contributed by atoms with van der Waals surface area (Å²) in [6.45, 7) is 10.3. The Labute approximate surface area is 128 Å². The van der Waals surface area contributed by atoms with E-state index in [1.54, 1.807) is 11.3 Å². The summed E-state index contributed by atoms with van der Waals surface area (Å²) in [4.78, 5) is 13.0. The summed E-state index contributed by atoms with van der Waals surface area (Å²) in [6.07, 6.45) is 1.83. The van der Waals surface area contributed by atoms with Gasteiger partial charge < -0.3 is 0 Å². The van der Waals surface area contributed by atoms with Crippen LogP contribution in [0.5, 0.6) is 0 Å². The van der Waals surface area contributed by atoms with Crippen molar-refractivity contribution in [2.75, 3.05) is 0 Å². The van der Waals surface area contributed by atoms with Crippen LogP contribution in [0.25, 0.3) is 26.2 Å². The van der Waals surface area contributed by atoms with E-state index in [9.17, 15) is 4.79 Å². The fourth-order valence-corrected chi connectivity index (χ4v) is 3.92. The van der Waals surface area contributed by atoms with Crippen LogP contribution in [0.15, 0.2) is 47.8 Å². The van der Waals surface area contributed by atoms with E-state index in [-0.39, 0.29) is 10.8 Å². The molecule has 0 saturated heterocycles. The van der Waals surface area contributed by atoms with Crippen molar-refractivity contribution in [3.63, 3.8) is 0 Å². The summed E-state index contributed by atoms with van der Waals surface area (Å²) in [5.41, 5.74) is 2.21. The lowest BCUT2D eigenvalue weighted by Gasteiger charge is -2.21. The molecule has 1 aromatic heterocycles. The van der Waals surface area contributed by atoms with Crippen LogP contribution in [-0.2, 0) is 5.41 Å². The third kappa shape index (κ3) is 2.20. The number of hydrogen-bond acceptors (Lipinski definition) is 2. The van der Waals surface area contributed by atoms with Crippen molar-refractivity contribution in [2.45, 2.75) is 26.2 Å². The van der Waals surface area contributed by atoms with Crippen molar-refractivity contribution in [1.82, 2.24) is 0 Å². The molecule has 0 unspecified atom stereocenters. The SMILES string of the molecule is C=Cc1ccc(C(C)(C)C)c2c(=O)c3ccccc3sc12. The van der Waals surface area contributed by atoms with Crippen LogP contribution in [0.1, 0.15) is 31.9 Å². The Morgan fingerprint density at radius 2 is 1.81 bits per heavy atom. The van der Waals surface area contributed by atoms with Gasteiger partial charge in [-0.1, -0.05) is 57.7 Å². The van der Waals surface area contributed by atoms with Crippen molar-refractivity contribution in [1.29, 1.82) is 0 Å². The van der Waals surface area contributed by atoms with Crippen molar-refractivity contribution < 1.29 is 0 Å². The van der Waals surface area contributed by atoms with Crippen LogP contribution < -0.4 is 5.43 Å². The lowest BCUT2D eigenvalue weighted by molar-refractivity contribution is 0.596. The Morgan fingerprint density at radius 1 is 1.10 bits per heavy atom. The number of rotatable bonds is 1. The summed E-state index contributed by atoms with van der Waals surface area (Å²) in [5.74, 6) is 0. The zero-order valence-corrected chi connectivity index (χ0v) is 13.4. The van der Waals surface area contributed by atoms with Crippen LogP contribution in [0.3, 0.4) is 0 Å². The fourth-order valence-electron chi connectivity index (χ4n) is 2.71. The van der Waals surface area contributed by atoms with Gasteiger partial charge in [0.05, 0.1) is 0 Å². The molecule has 1 heterocycles. The molecule has 0 spiro atoms. The molecule has 1 nitrogen and oxygen atoms in total. The summed E-state index contributed by atoms with van der Waals surface area (Å²) in [5, 5.41) is 1.66. The maximum atomic E-state index is 13.0. The topological polar surface area (TPSA) is 17.1 Å². The normalized spacial score (nSPS) is 12.0. The standard InChI is InChI=1S/C19H18OS/c1-5-12-10-11-14(19(2,3)4)16-17(20)13-8-6-7-9-15(13)21-18(12)16/h5-11H,1H2,2-4H3. The van der Waals surface area contributed by atoms with Crippen LogP contribution >= 0.6 is 11.3 Å². The Kier molecular flexibility index (Phi) is 3.22. The molecule has 2 aromatic carbocycles. The Hall–Kier alpha value is -1.93. The maximum Gasteiger partial charge on any atom is 0.196 e. The van der Waals surface area contributed by atoms with E-state index in [1.165, 1.54) is 0 Å². The minimum atomic E-state index is -0.0632. The summed E-state index contributed by atoms with van der Waals surface area (Å²) in [6, 6.07) is 12.0. The predicted molar refractivity (Wildman–Crippen MR) is 94.4 cm³/mol. The van der Waals surface area contributed by atoms with E-state index >= 15 is 0 Å². The Morgan fingerprint density at radius 3 is 2.48 bits per heavy atom. The third-order valence-electron chi connectivity index (χ3n) is 3.79. The van der Waals surface area contributed by atoms with Crippen LogP contribution in [0.4, 0.5) is 0 Å². The molecule has 3 aromatic rings. The average molecular weight is 294 g/mol. The molecular weight excluding hydrogens is 276 g/mol. The Balaban J connectivity index is 2.63. The molecule has 0 radical (unpaired) electrons. The lowest BCUT2D eigenvalue weighted by Crippen LogP contribution is -2.16. The molecule has 106 valence electrons. The molecule has 0 aliphatic carbocycles. The number of hydrogen-bond donors (Lipinski definition) is 0. The first-order chi connectivity index (χ1) is 9.93. The molecule has 0 N–H and O–H groups in total. The molecule has 0 saturated carbocycles. The molecule has 0 fully saturated rings. The van der Waals surface area contributed by atoms with Gasteiger partial charge in [0, 0.05) is 20.2 Å². The summed E-state index contributed by atoms with van der Waals surface area (Å²) in [7, 11) is 0. The highest BCUT2D eigenvalue weighted by Gasteiger charge is 2.21. The van der Waals surface area contributed by atoms with E-state index in [1.807, 2.05) is 30.3 Å². The maximum absolute atomic E-state index is 13.0. The third-order valence-corrected chi connectivity index (χ3v) is 5.01. The predicted octanol–water partition coefficient (Wildman–Crippen LogP) is 5.36. The van der Waals surface area contributed by atoms with Gasteiger partial charge >= 0.3 is 0 Å². The molecule has 21 heavy (non-hydrogen) atoms. The Bertz CT molecular complexity index is 910. The van der Waals surface area contributed by atoms with Gasteiger partial charge in [0.25, 0.3) is 0 Å². The highest BCUT2D eigenvalue weighted by Crippen LogP contribution is 2.35. The first-order valence-electron chi connectivity index (χ1n) is 7.05. The summed E-state index contributed by atoms with van der Waals surface area (Å²) >= 11 is 1.68. The first-order valence-corrected chi connectivity index (χ1v) is 7.86. The zero-order valence-electron chi connectivity index (χ0n) is 12.6. The van der Waals surface area contributed by atoms with Crippen LogP contribution in [0, 0.1) is 0 Å². The van der Waals surface area contributed by atoms with Crippen LogP contribution in [-0.4, -0.2) is 0 Å². The van der Waals surface area contributed by atoms with E-state index in [0.29, 0.717) is 0 Å². The lowest BCUT2D eigenvalue weighted by atomic mass is 9.84. The molecule has 0 atom stereocenters. The van der Waals surface area contributed by atoms with Gasteiger partial charge in [0.1, 0.15) is 0 Å². The second-order valence-electron chi connectivity index (χ2n) is 6.29. The van der Waals surface area contributed by atoms with Gasteiger partial charge in [0.2, 0.25) is 0 Å². The van der Waals surface area contributed by atoms with Gasteiger partial charge in [-0.05, 0) is 28.7 Å². The first kappa shape index (κ1) is 14.0. The second kappa shape index (κ2) is 4.81. The van der Waals surface area contributed by atoms with Gasteiger partial charge in [0.15, 0.2) is 5.43 Å². The highest BCUT2D eigenvalue weighted by molar-refractivity contribution is 7.24. The van der Waals surface area contributed by atoms with Crippen molar-refractivity contribution >= 4 is 37.6 Å². The van der Waals surface area contributed by atoms with Crippen molar-refractivity contribution in [3.05, 3.63) is 64.3 Å². The van der Waals surface area contributed by atoms with E-state index in [2.05, 4.69) is 39.5 Å².